The SMILES string of the molecule is COc1ccccc1C1CNCCN1CC(=O)NCCc1ccc(Cl)cc1. The first-order valence-electron chi connectivity index (χ1n) is 9.26. The fourth-order valence-electron chi connectivity index (χ4n) is 3.42. The van der Waals surface area contributed by atoms with Crippen molar-refractivity contribution >= 4 is 17.5 Å². The molecule has 2 aromatic rings. The van der Waals surface area contributed by atoms with Gasteiger partial charge in [-0.05, 0) is 30.2 Å². The standard InChI is InChI=1S/C21H26ClN3O2/c1-27-20-5-3-2-4-18(20)19-14-23-12-13-25(19)15-21(26)24-11-10-16-6-8-17(22)9-7-16/h2-9,19,23H,10-15H2,1H3,(H,24,26). The largest absolute Gasteiger partial charge is 0.496 e. The van der Waals surface area contributed by atoms with E-state index in [1.807, 2.05) is 42.5 Å². The van der Waals surface area contributed by atoms with E-state index in [0.717, 1.165) is 48.0 Å². The van der Waals surface area contributed by atoms with Gasteiger partial charge in [0.1, 0.15) is 5.75 Å². The molecular formula is C21H26ClN3O2. The van der Waals surface area contributed by atoms with Gasteiger partial charge in [0.05, 0.1) is 19.7 Å². The highest BCUT2D eigenvalue weighted by molar-refractivity contribution is 6.30. The molecule has 0 saturated carbocycles. The van der Waals surface area contributed by atoms with E-state index < -0.39 is 0 Å². The highest BCUT2D eigenvalue weighted by Crippen LogP contribution is 2.29. The minimum Gasteiger partial charge on any atom is -0.496 e. The molecular weight excluding hydrogens is 362 g/mol. The van der Waals surface area contributed by atoms with Gasteiger partial charge in [-0.1, -0.05) is 41.9 Å². The monoisotopic (exact) mass is 387 g/mol. The zero-order chi connectivity index (χ0) is 19.1. The van der Waals surface area contributed by atoms with Crippen LogP contribution in [0.15, 0.2) is 48.5 Å². The van der Waals surface area contributed by atoms with Crippen LogP contribution < -0.4 is 15.4 Å². The number of carbonyl (C=O) groups is 1. The number of piperazine rings is 1. The molecule has 0 bridgehead atoms. The zero-order valence-corrected chi connectivity index (χ0v) is 16.3. The Morgan fingerprint density at radius 3 is 2.81 bits per heavy atom. The first-order valence-corrected chi connectivity index (χ1v) is 9.64. The Kier molecular flexibility index (Phi) is 7.10. The molecule has 144 valence electrons. The second-order valence-electron chi connectivity index (χ2n) is 6.66. The third kappa shape index (κ3) is 5.45. The molecule has 2 N–H and O–H groups in total. The highest BCUT2D eigenvalue weighted by Gasteiger charge is 2.27. The molecule has 2 aromatic carbocycles. The maximum Gasteiger partial charge on any atom is 0.234 e. The first kappa shape index (κ1) is 19.7. The Bertz CT molecular complexity index is 751. The second kappa shape index (κ2) is 9.74. The molecule has 0 radical (unpaired) electrons. The molecule has 0 aliphatic carbocycles. The average molecular weight is 388 g/mol. The van der Waals surface area contributed by atoms with E-state index in [0.29, 0.717) is 13.1 Å². The van der Waals surface area contributed by atoms with Crippen LogP contribution in [0.3, 0.4) is 0 Å². The van der Waals surface area contributed by atoms with Gasteiger partial charge in [0, 0.05) is 36.8 Å². The Morgan fingerprint density at radius 1 is 1.26 bits per heavy atom. The normalized spacial score (nSPS) is 17.5. The summed E-state index contributed by atoms with van der Waals surface area (Å²) < 4.78 is 5.51. The van der Waals surface area contributed by atoms with E-state index in [2.05, 4.69) is 21.6 Å². The van der Waals surface area contributed by atoms with Gasteiger partial charge in [-0.3, -0.25) is 9.69 Å². The fraction of sp³-hybridized carbons (Fsp3) is 0.381. The summed E-state index contributed by atoms with van der Waals surface area (Å²) in [5, 5.41) is 7.17. The van der Waals surface area contributed by atoms with Gasteiger partial charge in [-0.25, -0.2) is 0 Å². The van der Waals surface area contributed by atoms with Crippen molar-refractivity contribution in [3.8, 4) is 5.75 Å². The highest BCUT2D eigenvalue weighted by atomic mass is 35.5. The molecule has 6 heteroatoms. The lowest BCUT2D eigenvalue weighted by Gasteiger charge is -2.36. The van der Waals surface area contributed by atoms with Gasteiger partial charge in [-0.2, -0.15) is 0 Å². The number of carbonyl (C=O) groups excluding carboxylic acids is 1. The second-order valence-corrected chi connectivity index (χ2v) is 7.10. The third-order valence-electron chi connectivity index (χ3n) is 4.85. The summed E-state index contributed by atoms with van der Waals surface area (Å²) in [6.45, 7) is 3.51. The van der Waals surface area contributed by atoms with E-state index in [1.165, 1.54) is 0 Å². The molecule has 3 rings (SSSR count). The fourth-order valence-corrected chi connectivity index (χ4v) is 3.55. The number of nitrogens with zero attached hydrogens (tertiary/aromatic N) is 1. The molecule has 27 heavy (non-hydrogen) atoms. The summed E-state index contributed by atoms with van der Waals surface area (Å²) in [5.74, 6) is 0.908. The van der Waals surface area contributed by atoms with Gasteiger partial charge < -0.3 is 15.4 Å². The average Bonchev–Trinajstić information content (AvgIpc) is 2.70. The van der Waals surface area contributed by atoms with Gasteiger partial charge in [0.25, 0.3) is 0 Å². The van der Waals surface area contributed by atoms with Crippen molar-refractivity contribution < 1.29 is 9.53 Å². The number of para-hydroxylation sites is 1. The van der Waals surface area contributed by atoms with Gasteiger partial charge >= 0.3 is 0 Å². The molecule has 1 saturated heterocycles. The van der Waals surface area contributed by atoms with E-state index in [-0.39, 0.29) is 11.9 Å². The number of ether oxygens (including phenoxy) is 1. The zero-order valence-electron chi connectivity index (χ0n) is 15.6. The van der Waals surface area contributed by atoms with Crippen LogP contribution in [0.5, 0.6) is 5.75 Å². The molecule has 1 aliphatic heterocycles. The lowest BCUT2D eigenvalue weighted by molar-refractivity contribution is -0.123. The molecule has 0 spiro atoms. The van der Waals surface area contributed by atoms with Crippen LogP contribution in [0.1, 0.15) is 17.2 Å². The van der Waals surface area contributed by atoms with Crippen LogP contribution >= 0.6 is 11.6 Å². The van der Waals surface area contributed by atoms with E-state index in [1.54, 1.807) is 7.11 Å². The Morgan fingerprint density at radius 2 is 2.04 bits per heavy atom. The predicted octanol–water partition coefficient (Wildman–Crippen LogP) is 2.65. The van der Waals surface area contributed by atoms with Crippen LogP contribution in [0.25, 0.3) is 0 Å². The molecule has 1 heterocycles. The van der Waals surface area contributed by atoms with Crippen molar-refractivity contribution in [2.75, 3.05) is 39.8 Å². The number of rotatable bonds is 7. The van der Waals surface area contributed by atoms with Crippen LogP contribution in [-0.4, -0.2) is 50.6 Å². The predicted molar refractivity (Wildman–Crippen MR) is 108 cm³/mol. The maximum atomic E-state index is 12.5. The van der Waals surface area contributed by atoms with Crippen molar-refractivity contribution in [2.24, 2.45) is 0 Å². The third-order valence-corrected chi connectivity index (χ3v) is 5.10. The molecule has 1 fully saturated rings. The van der Waals surface area contributed by atoms with Crippen LogP contribution in [0.2, 0.25) is 5.02 Å². The minimum atomic E-state index is 0.0470. The summed E-state index contributed by atoms with van der Waals surface area (Å²) in [4.78, 5) is 14.7. The summed E-state index contributed by atoms with van der Waals surface area (Å²) in [6, 6.07) is 15.9. The van der Waals surface area contributed by atoms with E-state index in [4.69, 9.17) is 16.3 Å². The molecule has 1 unspecified atom stereocenters. The molecule has 5 nitrogen and oxygen atoms in total. The Hall–Kier alpha value is -2.08. The lowest BCUT2D eigenvalue weighted by atomic mass is 10.0. The van der Waals surface area contributed by atoms with Gasteiger partial charge in [0.2, 0.25) is 5.91 Å². The minimum absolute atomic E-state index is 0.0470. The number of hydrogen-bond acceptors (Lipinski definition) is 4. The van der Waals surface area contributed by atoms with Crippen LogP contribution in [-0.2, 0) is 11.2 Å². The smallest absolute Gasteiger partial charge is 0.234 e. The van der Waals surface area contributed by atoms with Gasteiger partial charge in [-0.15, -0.1) is 0 Å². The maximum absolute atomic E-state index is 12.5. The first-order chi connectivity index (χ1) is 13.2. The number of halogens is 1. The van der Waals surface area contributed by atoms with E-state index >= 15 is 0 Å². The number of hydrogen-bond donors (Lipinski definition) is 2. The number of benzene rings is 2. The lowest BCUT2D eigenvalue weighted by Crippen LogP contribution is -2.49. The Labute approximate surface area is 165 Å². The van der Waals surface area contributed by atoms with Crippen molar-refractivity contribution in [1.82, 2.24) is 15.5 Å². The Balaban J connectivity index is 1.55. The van der Waals surface area contributed by atoms with Crippen molar-refractivity contribution in [1.29, 1.82) is 0 Å². The quantitative estimate of drug-likeness (QED) is 0.767. The topological polar surface area (TPSA) is 53.6 Å². The van der Waals surface area contributed by atoms with E-state index in [9.17, 15) is 4.79 Å². The van der Waals surface area contributed by atoms with Gasteiger partial charge in [0.15, 0.2) is 0 Å². The number of methoxy groups -OCH3 is 1. The van der Waals surface area contributed by atoms with Crippen LogP contribution in [0.4, 0.5) is 0 Å². The number of amides is 1. The summed E-state index contributed by atoms with van der Waals surface area (Å²) in [5.41, 5.74) is 2.27. The summed E-state index contributed by atoms with van der Waals surface area (Å²) >= 11 is 5.90. The van der Waals surface area contributed by atoms with Crippen molar-refractivity contribution in [2.45, 2.75) is 12.5 Å². The molecule has 1 atom stereocenters. The number of nitrogens with one attached hydrogen (secondary N) is 2. The van der Waals surface area contributed by atoms with Crippen LogP contribution in [0, 0.1) is 0 Å². The van der Waals surface area contributed by atoms with Crippen molar-refractivity contribution in [3.05, 3.63) is 64.7 Å². The summed E-state index contributed by atoms with van der Waals surface area (Å²) in [6.07, 6.45) is 0.792. The molecule has 0 aromatic heterocycles. The van der Waals surface area contributed by atoms with Crippen molar-refractivity contribution in [3.63, 3.8) is 0 Å². The summed E-state index contributed by atoms with van der Waals surface area (Å²) in [7, 11) is 1.68. The molecule has 1 aliphatic rings. The molecule has 1 amide bonds.